The molecule has 1 heterocycles. The van der Waals surface area contributed by atoms with Crippen LogP contribution >= 0.6 is 12.4 Å². The van der Waals surface area contributed by atoms with E-state index in [9.17, 15) is 9.59 Å². The predicted molar refractivity (Wildman–Crippen MR) is 83.0 cm³/mol. The third-order valence-corrected chi connectivity index (χ3v) is 5.47. The Hall–Kier alpha value is -0.810. The summed E-state index contributed by atoms with van der Waals surface area (Å²) in [5, 5.41) is 3.07. The maximum Gasteiger partial charge on any atom is 0.224 e. The van der Waals surface area contributed by atoms with Gasteiger partial charge < -0.3 is 16.0 Å². The van der Waals surface area contributed by atoms with Crippen molar-refractivity contribution in [3.05, 3.63) is 0 Å². The number of hydrogen-bond donors (Lipinski definition) is 2. The maximum absolute atomic E-state index is 12.4. The number of likely N-dealkylation sites (N-methyl/N-ethyl adjacent to an activating group) is 1. The first-order chi connectivity index (χ1) is 9.54. The van der Waals surface area contributed by atoms with Crippen molar-refractivity contribution in [3.8, 4) is 0 Å². The molecule has 1 aliphatic heterocycles. The summed E-state index contributed by atoms with van der Waals surface area (Å²) in [6.07, 6.45) is 5.92. The lowest BCUT2D eigenvalue weighted by atomic mass is 9.65. The van der Waals surface area contributed by atoms with E-state index in [1.807, 2.05) is 0 Å². The normalized spacial score (nSPS) is 38.9. The van der Waals surface area contributed by atoms with Gasteiger partial charge in [-0.3, -0.25) is 9.59 Å². The number of amides is 2. The second-order valence-electron chi connectivity index (χ2n) is 6.88. The standard InChI is InChI=1S/C15H25N3O2.ClH/c1-18-8-12(7-13(18)19)17-15(20)11-5-9-3-2-4-10(6-11)14(9)16;/h9-12,14H,2-8,16H2,1H3,(H,17,20);1H. The number of nitrogens with two attached hydrogens (primary N) is 1. The minimum atomic E-state index is -0.00422. The first-order valence-corrected chi connectivity index (χ1v) is 7.84. The summed E-state index contributed by atoms with van der Waals surface area (Å²) in [7, 11) is 1.79. The quantitative estimate of drug-likeness (QED) is 0.795. The van der Waals surface area contributed by atoms with Crippen molar-refractivity contribution in [1.29, 1.82) is 0 Å². The monoisotopic (exact) mass is 315 g/mol. The van der Waals surface area contributed by atoms with Gasteiger partial charge >= 0.3 is 0 Å². The van der Waals surface area contributed by atoms with Crippen LogP contribution in [0.25, 0.3) is 0 Å². The van der Waals surface area contributed by atoms with Gasteiger partial charge in [0.15, 0.2) is 0 Å². The topological polar surface area (TPSA) is 75.4 Å². The molecule has 0 aromatic rings. The molecule has 0 aromatic carbocycles. The number of nitrogens with zero attached hydrogens (tertiary/aromatic N) is 1. The van der Waals surface area contributed by atoms with Crippen LogP contribution in [0, 0.1) is 17.8 Å². The molecule has 0 radical (unpaired) electrons. The minimum Gasteiger partial charge on any atom is -0.351 e. The Labute approximate surface area is 132 Å². The van der Waals surface area contributed by atoms with Crippen LogP contribution in [0.5, 0.6) is 0 Å². The van der Waals surface area contributed by atoms with E-state index in [1.165, 1.54) is 19.3 Å². The van der Waals surface area contributed by atoms with Gasteiger partial charge in [0.2, 0.25) is 11.8 Å². The largest absolute Gasteiger partial charge is 0.351 e. The molecule has 2 aliphatic carbocycles. The van der Waals surface area contributed by atoms with Crippen LogP contribution in [-0.2, 0) is 9.59 Å². The molecule has 3 atom stereocenters. The van der Waals surface area contributed by atoms with Gasteiger partial charge in [0.25, 0.3) is 0 Å². The van der Waals surface area contributed by atoms with Crippen molar-refractivity contribution in [2.75, 3.05) is 13.6 Å². The number of hydrogen-bond acceptors (Lipinski definition) is 3. The highest BCUT2D eigenvalue weighted by Crippen LogP contribution is 2.41. The van der Waals surface area contributed by atoms with Crippen molar-refractivity contribution < 1.29 is 9.59 Å². The molecule has 120 valence electrons. The summed E-state index contributed by atoms with van der Waals surface area (Å²) in [6.45, 7) is 0.643. The molecule has 2 amide bonds. The number of halogens is 1. The molecule has 6 heteroatoms. The fourth-order valence-electron chi connectivity index (χ4n) is 4.28. The van der Waals surface area contributed by atoms with E-state index in [4.69, 9.17) is 5.73 Å². The molecular weight excluding hydrogens is 290 g/mol. The fraction of sp³-hybridized carbons (Fsp3) is 0.867. The molecule has 0 spiro atoms. The Morgan fingerprint density at radius 1 is 1.29 bits per heavy atom. The molecule has 2 saturated carbocycles. The number of carbonyl (C=O) groups is 2. The molecule has 3 rings (SSSR count). The first-order valence-electron chi connectivity index (χ1n) is 7.84. The fourth-order valence-corrected chi connectivity index (χ4v) is 4.28. The van der Waals surface area contributed by atoms with Crippen LogP contribution in [-0.4, -0.2) is 42.4 Å². The summed E-state index contributed by atoms with van der Waals surface area (Å²) >= 11 is 0. The Morgan fingerprint density at radius 2 is 1.90 bits per heavy atom. The number of rotatable bonds is 2. The molecule has 1 saturated heterocycles. The Morgan fingerprint density at radius 3 is 2.43 bits per heavy atom. The summed E-state index contributed by atoms with van der Waals surface area (Å²) < 4.78 is 0. The van der Waals surface area contributed by atoms with Crippen LogP contribution in [0.4, 0.5) is 0 Å². The van der Waals surface area contributed by atoms with Crippen LogP contribution in [0.15, 0.2) is 0 Å². The van der Waals surface area contributed by atoms with E-state index in [1.54, 1.807) is 11.9 Å². The van der Waals surface area contributed by atoms with E-state index in [-0.39, 0.29) is 36.2 Å². The maximum atomic E-state index is 12.4. The van der Waals surface area contributed by atoms with E-state index in [0.717, 1.165) is 12.8 Å². The molecule has 5 nitrogen and oxygen atoms in total. The van der Waals surface area contributed by atoms with Crippen LogP contribution in [0.1, 0.15) is 38.5 Å². The van der Waals surface area contributed by atoms with E-state index in [2.05, 4.69) is 5.32 Å². The molecular formula is C15H26ClN3O2. The molecule has 3 unspecified atom stereocenters. The molecule has 0 aromatic heterocycles. The Balaban J connectivity index is 0.00000161. The first kappa shape index (κ1) is 16.6. The van der Waals surface area contributed by atoms with E-state index >= 15 is 0 Å². The van der Waals surface area contributed by atoms with Crippen molar-refractivity contribution in [2.24, 2.45) is 23.5 Å². The van der Waals surface area contributed by atoms with Gasteiger partial charge in [0.05, 0.1) is 6.04 Å². The lowest BCUT2D eigenvalue weighted by Crippen LogP contribution is -2.50. The third-order valence-electron chi connectivity index (χ3n) is 5.47. The molecule has 3 fully saturated rings. The highest BCUT2D eigenvalue weighted by molar-refractivity contribution is 5.85. The average molecular weight is 316 g/mol. The summed E-state index contributed by atoms with van der Waals surface area (Å²) in [4.78, 5) is 25.6. The number of likely N-dealkylation sites (tertiary alicyclic amines) is 1. The van der Waals surface area contributed by atoms with Gasteiger partial charge in [-0.25, -0.2) is 0 Å². The van der Waals surface area contributed by atoms with Gasteiger partial charge in [-0.15, -0.1) is 12.4 Å². The van der Waals surface area contributed by atoms with Gasteiger partial charge in [-0.05, 0) is 37.5 Å². The van der Waals surface area contributed by atoms with Crippen molar-refractivity contribution >= 4 is 24.2 Å². The summed E-state index contributed by atoms with van der Waals surface area (Å²) in [5.41, 5.74) is 6.26. The minimum absolute atomic E-state index is 0. The van der Waals surface area contributed by atoms with Crippen LogP contribution in [0.3, 0.4) is 0 Å². The second kappa shape index (κ2) is 6.53. The van der Waals surface area contributed by atoms with Gasteiger partial charge in [0.1, 0.15) is 0 Å². The lowest BCUT2D eigenvalue weighted by molar-refractivity contribution is -0.128. The summed E-state index contributed by atoms with van der Waals surface area (Å²) in [6, 6.07) is 0.294. The zero-order chi connectivity index (χ0) is 14.3. The average Bonchev–Trinajstić information content (AvgIpc) is 2.67. The smallest absolute Gasteiger partial charge is 0.224 e. The molecule has 3 N–H and O–H groups in total. The van der Waals surface area contributed by atoms with Gasteiger partial charge in [-0.1, -0.05) is 6.42 Å². The zero-order valence-electron chi connectivity index (χ0n) is 12.6. The van der Waals surface area contributed by atoms with Crippen molar-refractivity contribution in [3.63, 3.8) is 0 Å². The number of nitrogens with one attached hydrogen (secondary N) is 1. The van der Waals surface area contributed by atoms with Gasteiger partial charge in [0, 0.05) is 32.0 Å². The predicted octanol–water partition coefficient (Wildman–Crippen LogP) is 0.909. The number of carbonyl (C=O) groups excluding carboxylic acids is 2. The second-order valence-corrected chi connectivity index (χ2v) is 6.88. The molecule has 2 bridgehead atoms. The lowest BCUT2D eigenvalue weighted by Gasteiger charge is -2.43. The van der Waals surface area contributed by atoms with Gasteiger partial charge in [-0.2, -0.15) is 0 Å². The zero-order valence-corrected chi connectivity index (χ0v) is 13.4. The Bertz CT molecular complexity index is 404. The van der Waals surface area contributed by atoms with Crippen molar-refractivity contribution in [1.82, 2.24) is 10.2 Å². The third kappa shape index (κ3) is 3.34. The van der Waals surface area contributed by atoms with E-state index in [0.29, 0.717) is 30.8 Å². The Kier molecular flexibility index (Phi) is 5.15. The van der Waals surface area contributed by atoms with Crippen LogP contribution in [0.2, 0.25) is 0 Å². The summed E-state index contributed by atoms with van der Waals surface area (Å²) in [5.74, 6) is 1.41. The highest BCUT2D eigenvalue weighted by atomic mass is 35.5. The van der Waals surface area contributed by atoms with Crippen molar-refractivity contribution in [2.45, 2.75) is 50.6 Å². The van der Waals surface area contributed by atoms with E-state index < -0.39 is 0 Å². The highest BCUT2D eigenvalue weighted by Gasteiger charge is 2.41. The number of fused-ring (bicyclic) bond motifs is 2. The van der Waals surface area contributed by atoms with Crippen LogP contribution < -0.4 is 11.1 Å². The molecule has 3 aliphatic rings. The SMILES string of the molecule is CN1CC(NC(=O)C2CC3CCCC(C2)C3N)CC1=O.Cl. The molecule has 21 heavy (non-hydrogen) atoms.